The van der Waals surface area contributed by atoms with E-state index in [1.54, 1.807) is 0 Å². The quantitative estimate of drug-likeness (QED) is 0.626. The standard InChI is InChI=1S/C9H5NO5S3/c10-5-2-1(4(17-5)7(13)14)3(6(11)12)9(16)18-8(2)15/h16H,10H2,(H,11,12)(H,13,14). The van der Waals surface area contributed by atoms with E-state index in [9.17, 15) is 14.4 Å². The lowest BCUT2D eigenvalue weighted by molar-refractivity contribution is 0.0694. The van der Waals surface area contributed by atoms with Crippen molar-refractivity contribution in [3.05, 3.63) is 20.0 Å². The topological polar surface area (TPSA) is 118 Å². The number of aromatic carboxylic acids is 2. The van der Waals surface area contributed by atoms with Crippen molar-refractivity contribution in [2.24, 2.45) is 0 Å². The Morgan fingerprint density at radius 3 is 2.22 bits per heavy atom. The van der Waals surface area contributed by atoms with Crippen LogP contribution in [0.2, 0.25) is 0 Å². The number of nitrogens with two attached hydrogens (primary N) is 1. The molecule has 0 amide bonds. The number of hydrogen-bond acceptors (Lipinski definition) is 7. The van der Waals surface area contributed by atoms with Crippen LogP contribution in [-0.2, 0) is 0 Å². The van der Waals surface area contributed by atoms with Crippen LogP contribution in [0.5, 0.6) is 0 Å². The molecule has 2 heterocycles. The van der Waals surface area contributed by atoms with Gasteiger partial charge in [0.05, 0.1) is 20.2 Å². The fourth-order valence-electron chi connectivity index (χ4n) is 1.54. The maximum Gasteiger partial charge on any atom is 0.346 e. The number of anilines is 1. The minimum atomic E-state index is -1.35. The number of hydrogen-bond donors (Lipinski definition) is 4. The van der Waals surface area contributed by atoms with Crippen molar-refractivity contribution in [3.8, 4) is 0 Å². The molecule has 2 aromatic rings. The summed E-state index contributed by atoms with van der Waals surface area (Å²) in [4.78, 5) is 33.7. The molecule has 0 saturated carbocycles. The first-order valence-corrected chi connectivity index (χ1v) is 6.47. The molecular formula is C9H5NO5S3. The summed E-state index contributed by atoms with van der Waals surface area (Å²) in [6.45, 7) is 0. The van der Waals surface area contributed by atoms with Gasteiger partial charge in [-0.25, -0.2) is 9.59 Å². The highest BCUT2D eigenvalue weighted by molar-refractivity contribution is 7.83. The van der Waals surface area contributed by atoms with E-state index in [1.165, 1.54) is 0 Å². The van der Waals surface area contributed by atoms with Crippen LogP contribution in [0.25, 0.3) is 10.8 Å². The molecule has 2 aromatic heterocycles. The van der Waals surface area contributed by atoms with E-state index in [-0.39, 0.29) is 30.4 Å². The first-order valence-electron chi connectivity index (χ1n) is 4.39. The molecule has 94 valence electrons. The number of thiol groups is 1. The van der Waals surface area contributed by atoms with Crippen molar-refractivity contribution in [2.75, 3.05) is 5.73 Å². The maximum atomic E-state index is 11.7. The third-order valence-corrected chi connectivity index (χ3v) is 4.49. The van der Waals surface area contributed by atoms with Gasteiger partial charge in [0.1, 0.15) is 4.88 Å². The number of nitrogen functional groups attached to an aromatic ring is 1. The molecule has 0 saturated heterocycles. The molecule has 0 spiro atoms. The van der Waals surface area contributed by atoms with Gasteiger partial charge in [0.2, 0.25) is 4.74 Å². The van der Waals surface area contributed by atoms with Gasteiger partial charge in [-0.1, -0.05) is 11.3 Å². The van der Waals surface area contributed by atoms with E-state index in [4.69, 9.17) is 15.9 Å². The zero-order valence-corrected chi connectivity index (χ0v) is 11.0. The third kappa shape index (κ3) is 1.76. The van der Waals surface area contributed by atoms with Crippen molar-refractivity contribution in [3.63, 3.8) is 0 Å². The average Bonchev–Trinajstić information content (AvgIpc) is 2.55. The summed E-state index contributed by atoms with van der Waals surface area (Å²) in [6, 6.07) is 0. The monoisotopic (exact) mass is 303 g/mol. The molecule has 9 heteroatoms. The predicted molar refractivity (Wildman–Crippen MR) is 71.6 cm³/mol. The smallest absolute Gasteiger partial charge is 0.346 e. The van der Waals surface area contributed by atoms with Crippen LogP contribution in [0.4, 0.5) is 5.00 Å². The molecule has 0 aliphatic rings. The van der Waals surface area contributed by atoms with Crippen molar-refractivity contribution in [1.82, 2.24) is 0 Å². The molecule has 0 aromatic carbocycles. The summed E-state index contributed by atoms with van der Waals surface area (Å²) in [5.74, 6) is -2.67. The number of fused-ring (bicyclic) bond motifs is 1. The number of carbonyl (C=O) groups is 2. The second kappa shape index (κ2) is 4.26. The van der Waals surface area contributed by atoms with Gasteiger partial charge in [0.25, 0.3) is 0 Å². The van der Waals surface area contributed by atoms with Gasteiger partial charge < -0.3 is 15.9 Å². The Morgan fingerprint density at radius 1 is 1.11 bits per heavy atom. The highest BCUT2D eigenvalue weighted by Crippen LogP contribution is 2.37. The summed E-state index contributed by atoms with van der Waals surface area (Å²) in [6.07, 6.45) is 0. The minimum Gasteiger partial charge on any atom is -0.478 e. The lowest BCUT2D eigenvalue weighted by Gasteiger charge is -2.01. The van der Waals surface area contributed by atoms with Crippen LogP contribution in [0.1, 0.15) is 20.0 Å². The molecule has 2 rings (SSSR count). The van der Waals surface area contributed by atoms with Crippen LogP contribution >= 0.6 is 35.3 Å². The van der Waals surface area contributed by atoms with Gasteiger partial charge in [0.15, 0.2) is 0 Å². The Morgan fingerprint density at radius 2 is 1.72 bits per heavy atom. The molecule has 18 heavy (non-hydrogen) atoms. The third-order valence-electron chi connectivity index (χ3n) is 2.20. The van der Waals surface area contributed by atoms with Crippen molar-refractivity contribution in [2.45, 2.75) is 4.21 Å². The Balaban J connectivity index is 3.13. The van der Waals surface area contributed by atoms with Gasteiger partial charge in [0, 0.05) is 5.39 Å². The van der Waals surface area contributed by atoms with Gasteiger partial charge >= 0.3 is 11.9 Å². The van der Waals surface area contributed by atoms with E-state index in [0.29, 0.717) is 22.7 Å². The van der Waals surface area contributed by atoms with E-state index in [0.717, 1.165) is 0 Å². The van der Waals surface area contributed by atoms with Crippen LogP contribution in [0.3, 0.4) is 0 Å². The molecule has 4 N–H and O–H groups in total. The number of thiophene rings is 1. The molecule has 0 aliphatic heterocycles. The predicted octanol–water partition coefficient (Wildman–Crippen LogP) is 1.59. The summed E-state index contributed by atoms with van der Waals surface area (Å²) < 4.78 is -0.540. The Bertz CT molecular complexity index is 745. The molecule has 0 atom stereocenters. The first kappa shape index (κ1) is 12.9. The molecule has 0 aliphatic carbocycles. The van der Waals surface area contributed by atoms with E-state index < -0.39 is 16.7 Å². The van der Waals surface area contributed by atoms with Gasteiger partial charge in [-0.2, -0.15) is 0 Å². The summed E-state index contributed by atoms with van der Waals surface area (Å²) in [5.41, 5.74) is 5.28. The average molecular weight is 303 g/mol. The van der Waals surface area contributed by atoms with E-state index in [1.807, 2.05) is 0 Å². The van der Waals surface area contributed by atoms with Crippen molar-refractivity contribution < 1.29 is 19.8 Å². The van der Waals surface area contributed by atoms with Crippen LogP contribution < -0.4 is 10.5 Å². The Hall–Kier alpha value is -1.58. The molecule has 6 nitrogen and oxygen atoms in total. The molecular weight excluding hydrogens is 298 g/mol. The maximum absolute atomic E-state index is 11.7. The van der Waals surface area contributed by atoms with Crippen molar-refractivity contribution in [1.29, 1.82) is 0 Å². The van der Waals surface area contributed by atoms with Gasteiger partial charge in [-0.05, 0) is 0 Å². The Kier molecular flexibility index (Phi) is 3.05. The highest BCUT2D eigenvalue weighted by Gasteiger charge is 2.25. The number of carboxylic acids is 2. The summed E-state index contributed by atoms with van der Waals surface area (Å²) >= 11 is 5.21. The lowest BCUT2D eigenvalue weighted by atomic mass is 10.1. The number of carboxylic acid groups (broad SMARTS) is 2. The minimum absolute atomic E-state index is 0.000478. The molecule has 0 unspecified atom stereocenters. The van der Waals surface area contributed by atoms with Crippen LogP contribution in [0.15, 0.2) is 9.00 Å². The normalized spacial score (nSPS) is 10.7. The second-order valence-corrected chi connectivity index (χ2v) is 6.01. The van der Waals surface area contributed by atoms with Gasteiger partial charge in [-0.15, -0.1) is 24.0 Å². The van der Waals surface area contributed by atoms with Crippen LogP contribution in [0, 0.1) is 0 Å². The fraction of sp³-hybridized carbons (Fsp3) is 0. The summed E-state index contributed by atoms with van der Waals surface area (Å²) in [7, 11) is 0. The summed E-state index contributed by atoms with van der Waals surface area (Å²) in [5, 5.41) is 17.9. The number of rotatable bonds is 2. The van der Waals surface area contributed by atoms with E-state index >= 15 is 0 Å². The highest BCUT2D eigenvalue weighted by atomic mass is 32.2. The largest absolute Gasteiger partial charge is 0.478 e. The van der Waals surface area contributed by atoms with Crippen LogP contribution in [-0.4, -0.2) is 22.2 Å². The second-order valence-electron chi connectivity index (χ2n) is 3.23. The zero-order valence-electron chi connectivity index (χ0n) is 8.46. The first-order chi connectivity index (χ1) is 8.34. The molecule has 0 fully saturated rings. The SMILES string of the molecule is Nc1sc(C(=O)O)c2c(C(=O)O)c(S)sc(=O)c12. The Labute approximate surface area is 113 Å². The van der Waals surface area contributed by atoms with Gasteiger partial charge in [-0.3, -0.25) is 4.79 Å². The fourth-order valence-corrected chi connectivity index (χ4v) is 3.75. The molecule has 0 radical (unpaired) electrons. The van der Waals surface area contributed by atoms with E-state index in [2.05, 4.69) is 12.6 Å². The van der Waals surface area contributed by atoms with Crippen molar-refractivity contribution >= 4 is 63.0 Å². The molecule has 0 bridgehead atoms. The lowest BCUT2D eigenvalue weighted by Crippen LogP contribution is -2.06. The zero-order chi connectivity index (χ0) is 13.6.